The quantitative estimate of drug-likeness (QED) is 0.580. The van der Waals surface area contributed by atoms with Crippen LogP contribution in [0.2, 0.25) is 0 Å². The molecule has 0 unspecified atom stereocenters. The number of nitrogens with zero attached hydrogens (tertiary/aromatic N) is 3. The Morgan fingerprint density at radius 1 is 1.12 bits per heavy atom. The van der Waals surface area contributed by atoms with Gasteiger partial charge in [-0.3, -0.25) is 13.9 Å². The lowest BCUT2D eigenvalue weighted by Crippen LogP contribution is -2.36. The number of H-pyrrole nitrogens is 1. The Bertz CT molecular complexity index is 1160. The third-order valence-corrected chi connectivity index (χ3v) is 5.56. The number of aromatic amines is 1. The van der Waals surface area contributed by atoms with Crippen molar-refractivity contribution in [2.45, 2.75) is 17.7 Å². The fourth-order valence-corrected chi connectivity index (χ4v) is 3.73. The maximum atomic E-state index is 12.1. The SMILES string of the molecule is Cn1c(=O)c2[nH]c(CCCNS(=O)(=O)c3ccccc3)nc2n(C)c1=O. The van der Waals surface area contributed by atoms with Crippen LogP contribution in [-0.2, 0) is 30.5 Å². The summed E-state index contributed by atoms with van der Waals surface area (Å²) in [5.41, 5.74) is -0.338. The molecule has 0 amide bonds. The van der Waals surface area contributed by atoms with Crippen LogP contribution >= 0.6 is 0 Å². The molecule has 0 saturated carbocycles. The van der Waals surface area contributed by atoms with Crippen molar-refractivity contribution in [3.8, 4) is 0 Å². The number of fused-ring (bicyclic) bond motifs is 1. The normalized spacial score (nSPS) is 11.9. The molecule has 0 bridgehead atoms. The minimum Gasteiger partial charge on any atom is -0.336 e. The topological polar surface area (TPSA) is 119 Å². The third-order valence-electron chi connectivity index (χ3n) is 4.08. The average molecular weight is 377 g/mol. The van der Waals surface area contributed by atoms with E-state index in [4.69, 9.17) is 0 Å². The largest absolute Gasteiger partial charge is 0.336 e. The summed E-state index contributed by atoms with van der Waals surface area (Å²) in [6.45, 7) is 0.227. The molecule has 0 aliphatic rings. The maximum absolute atomic E-state index is 12.1. The molecule has 0 spiro atoms. The van der Waals surface area contributed by atoms with Crippen molar-refractivity contribution in [1.29, 1.82) is 0 Å². The van der Waals surface area contributed by atoms with Gasteiger partial charge in [-0.1, -0.05) is 18.2 Å². The lowest BCUT2D eigenvalue weighted by atomic mass is 10.3. The predicted molar refractivity (Wildman–Crippen MR) is 96.5 cm³/mol. The number of benzene rings is 1. The Morgan fingerprint density at radius 2 is 1.81 bits per heavy atom. The minimum atomic E-state index is -3.54. The van der Waals surface area contributed by atoms with Gasteiger partial charge in [0.2, 0.25) is 10.0 Å². The first-order chi connectivity index (χ1) is 12.3. The van der Waals surface area contributed by atoms with Gasteiger partial charge in [-0.15, -0.1) is 0 Å². The van der Waals surface area contributed by atoms with Gasteiger partial charge < -0.3 is 4.98 Å². The van der Waals surface area contributed by atoms with Crippen LogP contribution in [0, 0.1) is 0 Å². The van der Waals surface area contributed by atoms with Crippen molar-refractivity contribution >= 4 is 21.2 Å². The minimum absolute atomic E-state index is 0.210. The molecule has 9 nitrogen and oxygen atoms in total. The van der Waals surface area contributed by atoms with E-state index in [1.807, 2.05) is 0 Å². The lowest BCUT2D eigenvalue weighted by Gasteiger charge is -2.05. The predicted octanol–water partition coefficient (Wildman–Crippen LogP) is -0.129. The number of rotatable bonds is 6. The molecular formula is C16H19N5O4S. The van der Waals surface area contributed by atoms with Gasteiger partial charge in [0.05, 0.1) is 4.90 Å². The molecule has 0 radical (unpaired) electrons. The van der Waals surface area contributed by atoms with E-state index in [0.29, 0.717) is 18.7 Å². The summed E-state index contributed by atoms with van der Waals surface area (Å²) in [5.74, 6) is 0.525. The van der Waals surface area contributed by atoms with Crippen LogP contribution in [0.25, 0.3) is 11.2 Å². The zero-order valence-corrected chi connectivity index (χ0v) is 15.2. The zero-order valence-electron chi connectivity index (χ0n) is 14.4. The monoisotopic (exact) mass is 377 g/mol. The van der Waals surface area contributed by atoms with E-state index in [-0.39, 0.29) is 22.6 Å². The van der Waals surface area contributed by atoms with Crippen LogP contribution < -0.4 is 16.0 Å². The molecule has 2 aromatic heterocycles. The third kappa shape index (κ3) is 3.33. The van der Waals surface area contributed by atoms with Gasteiger partial charge in [0.25, 0.3) is 5.56 Å². The van der Waals surface area contributed by atoms with Gasteiger partial charge in [0.15, 0.2) is 5.65 Å². The molecule has 10 heteroatoms. The van der Waals surface area contributed by atoms with E-state index in [1.165, 1.54) is 23.7 Å². The van der Waals surface area contributed by atoms with Gasteiger partial charge in [-0.2, -0.15) is 0 Å². The first kappa shape index (κ1) is 18.1. The maximum Gasteiger partial charge on any atom is 0.332 e. The zero-order chi connectivity index (χ0) is 18.9. The Labute approximate surface area is 149 Å². The van der Waals surface area contributed by atoms with Gasteiger partial charge in [-0.05, 0) is 18.6 Å². The first-order valence-corrected chi connectivity index (χ1v) is 9.49. The highest BCUT2D eigenvalue weighted by atomic mass is 32.2. The van der Waals surface area contributed by atoms with Crippen molar-refractivity contribution in [1.82, 2.24) is 23.8 Å². The van der Waals surface area contributed by atoms with Crippen molar-refractivity contribution in [2.75, 3.05) is 6.54 Å². The van der Waals surface area contributed by atoms with Gasteiger partial charge >= 0.3 is 5.69 Å². The van der Waals surface area contributed by atoms with Crippen LogP contribution in [0.5, 0.6) is 0 Å². The van der Waals surface area contributed by atoms with Gasteiger partial charge in [0, 0.05) is 27.1 Å². The van der Waals surface area contributed by atoms with Crippen LogP contribution in [-0.4, -0.2) is 34.1 Å². The summed E-state index contributed by atoms with van der Waals surface area (Å²) >= 11 is 0. The molecule has 0 aliphatic carbocycles. The van der Waals surface area contributed by atoms with Crippen molar-refractivity contribution in [2.24, 2.45) is 14.1 Å². The molecule has 0 aliphatic heterocycles. The Hall–Kier alpha value is -2.72. The number of sulfonamides is 1. The Balaban J connectivity index is 1.70. The van der Waals surface area contributed by atoms with Crippen LogP contribution in [0.3, 0.4) is 0 Å². The van der Waals surface area contributed by atoms with Crippen molar-refractivity contribution in [3.63, 3.8) is 0 Å². The molecule has 3 aromatic rings. The summed E-state index contributed by atoms with van der Waals surface area (Å²) in [4.78, 5) is 31.4. The fourth-order valence-electron chi connectivity index (χ4n) is 2.64. The second-order valence-electron chi connectivity index (χ2n) is 5.90. The Kier molecular flexibility index (Phi) is 4.79. The summed E-state index contributed by atoms with van der Waals surface area (Å²) < 4.78 is 29.1. The lowest BCUT2D eigenvalue weighted by molar-refractivity contribution is 0.578. The summed E-state index contributed by atoms with van der Waals surface area (Å²) in [6, 6.07) is 8.12. The molecule has 0 atom stereocenters. The highest BCUT2D eigenvalue weighted by Crippen LogP contribution is 2.08. The molecule has 2 heterocycles. The second kappa shape index (κ2) is 6.89. The number of nitrogens with one attached hydrogen (secondary N) is 2. The Morgan fingerprint density at radius 3 is 2.50 bits per heavy atom. The summed E-state index contributed by atoms with van der Waals surface area (Å²) in [5, 5.41) is 0. The van der Waals surface area contributed by atoms with E-state index in [0.717, 1.165) is 4.57 Å². The average Bonchev–Trinajstić information content (AvgIpc) is 3.07. The first-order valence-electron chi connectivity index (χ1n) is 8.00. The highest BCUT2D eigenvalue weighted by Gasteiger charge is 2.14. The molecule has 0 saturated heterocycles. The number of hydrogen-bond donors (Lipinski definition) is 2. The van der Waals surface area contributed by atoms with Crippen molar-refractivity contribution in [3.05, 3.63) is 57.0 Å². The molecule has 1 aromatic carbocycles. The molecule has 3 rings (SSSR count). The van der Waals surface area contributed by atoms with E-state index in [9.17, 15) is 18.0 Å². The molecule has 138 valence electrons. The number of imidazole rings is 1. The number of aromatic nitrogens is 4. The molecule has 0 fully saturated rings. The standard InChI is InChI=1S/C16H19N5O4S/c1-20-14-13(15(22)21(2)16(20)23)18-12(19-14)9-6-10-17-26(24,25)11-7-4-3-5-8-11/h3-5,7-8,17H,6,9-10H2,1-2H3,(H,18,19). The van der Waals surface area contributed by atoms with Crippen molar-refractivity contribution < 1.29 is 8.42 Å². The summed E-state index contributed by atoms with van der Waals surface area (Å²) in [7, 11) is -0.593. The van der Waals surface area contributed by atoms with Crippen LogP contribution in [0.1, 0.15) is 12.2 Å². The van der Waals surface area contributed by atoms with E-state index >= 15 is 0 Å². The molecular weight excluding hydrogens is 358 g/mol. The van der Waals surface area contributed by atoms with Gasteiger partial charge in [0.1, 0.15) is 11.3 Å². The van der Waals surface area contributed by atoms with Crippen LogP contribution in [0.15, 0.2) is 44.8 Å². The van der Waals surface area contributed by atoms with E-state index in [1.54, 1.807) is 25.2 Å². The van der Waals surface area contributed by atoms with E-state index in [2.05, 4.69) is 14.7 Å². The molecule has 26 heavy (non-hydrogen) atoms. The second-order valence-corrected chi connectivity index (χ2v) is 7.67. The van der Waals surface area contributed by atoms with Gasteiger partial charge in [-0.25, -0.2) is 22.9 Å². The smallest absolute Gasteiger partial charge is 0.332 e. The van der Waals surface area contributed by atoms with E-state index < -0.39 is 21.3 Å². The molecule has 2 N–H and O–H groups in total. The highest BCUT2D eigenvalue weighted by molar-refractivity contribution is 7.89. The fraction of sp³-hybridized carbons (Fsp3) is 0.312. The summed E-state index contributed by atoms with van der Waals surface area (Å²) in [6.07, 6.45) is 0.920. The number of aryl methyl sites for hydroxylation is 2. The number of hydrogen-bond acceptors (Lipinski definition) is 5. The van der Waals surface area contributed by atoms with Crippen LogP contribution in [0.4, 0.5) is 0 Å².